The van der Waals surface area contributed by atoms with Crippen LogP contribution in [0.3, 0.4) is 0 Å². The molecule has 2 amide bonds. The molecule has 0 aromatic carbocycles. The summed E-state index contributed by atoms with van der Waals surface area (Å²) in [6, 6.07) is 0. The Morgan fingerprint density at radius 1 is 1.19 bits per heavy atom. The second kappa shape index (κ2) is 16.2. The van der Waals surface area contributed by atoms with E-state index in [1.807, 2.05) is 13.8 Å². The average molecular weight is 588 g/mol. The van der Waals surface area contributed by atoms with Crippen LogP contribution in [0.15, 0.2) is 59.0 Å². The molecular formula is C31H45N3O8. The number of fused-ring (bicyclic) bond motifs is 2. The van der Waals surface area contributed by atoms with Crippen LogP contribution in [-0.2, 0) is 28.6 Å². The maximum atomic E-state index is 13.6. The van der Waals surface area contributed by atoms with Crippen LogP contribution in [0.25, 0.3) is 0 Å². The molecule has 5 N–H and O–H groups in total. The van der Waals surface area contributed by atoms with E-state index in [1.54, 1.807) is 32.1 Å². The number of ketones is 2. The van der Waals surface area contributed by atoms with Gasteiger partial charge in [-0.2, -0.15) is 0 Å². The van der Waals surface area contributed by atoms with Crippen LogP contribution >= 0.6 is 0 Å². The van der Waals surface area contributed by atoms with Gasteiger partial charge in [-0.15, -0.1) is 6.58 Å². The molecule has 0 radical (unpaired) electrons. The van der Waals surface area contributed by atoms with Crippen LogP contribution in [0, 0.1) is 11.8 Å². The Bertz CT molecular complexity index is 1170. The van der Waals surface area contributed by atoms with Gasteiger partial charge in [-0.1, -0.05) is 32.1 Å². The van der Waals surface area contributed by atoms with Gasteiger partial charge in [0.25, 0.3) is 5.91 Å². The number of aliphatic hydroxyl groups excluding tert-OH is 1. The third-order valence-electron chi connectivity index (χ3n) is 7.54. The minimum Gasteiger partial charge on any atom is -0.439 e. The summed E-state index contributed by atoms with van der Waals surface area (Å²) in [5, 5.41) is 16.8. The summed E-state index contributed by atoms with van der Waals surface area (Å²) in [7, 11) is 2.98. The molecule has 0 saturated heterocycles. The lowest BCUT2D eigenvalue weighted by Crippen LogP contribution is -2.38. The fourth-order valence-electron chi connectivity index (χ4n) is 5.26. The molecule has 1 aliphatic carbocycles. The van der Waals surface area contributed by atoms with E-state index in [-0.39, 0.29) is 35.9 Å². The van der Waals surface area contributed by atoms with E-state index in [0.717, 1.165) is 6.08 Å². The minimum absolute atomic E-state index is 0.108. The predicted molar refractivity (Wildman–Crippen MR) is 158 cm³/mol. The first-order valence-corrected chi connectivity index (χ1v) is 14.1. The van der Waals surface area contributed by atoms with Crippen LogP contribution in [0.4, 0.5) is 4.79 Å². The second-order valence-electron chi connectivity index (χ2n) is 10.9. The largest absolute Gasteiger partial charge is 0.439 e. The number of allylic oxidation sites excluding steroid dienone is 3. The summed E-state index contributed by atoms with van der Waals surface area (Å²) >= 11 is 0. The number of methoxy groups -OCH3 is 2. The molecule has 11 heteroatoms. The maximum absolute atomic E-state index is 13.6. The van der Waals surface area contributed by atoms with Gasteiger partial charge in [-0.25, -0.2) is 4.79 Å². The minimum atomic E-state index is -0.967. The molecule has 0 saturated carbocycles. The highest BCUT2D eigenvalue weighted by Gasteiger charge is 2.33. The summed E-state index contributed by atoms with van der Waals surface area (Å²) in [6.45, 7) is 11.0. The van der Waals surface area contributed by atoms with Crippen LogP contribution in [0.5, 0.6) is 0 Å². The number of rotatable bonds is 6. The summed E-state index contributed by atoms with van der Waals surface area (Å²) in [4.78, 5) is 51.4. The zero-order valence-electron chi connectivity index (χ0n) is 25.4. The topological polar surface area (TPSA) is 166 Å². The lowest BCUT2D eigenvalue weighted by molar-refractivity contribution is -0.120. The van der Waals surface area contributed by atoms with E-state index in [1.165, 1.54) is 14.2 Å². The summed E-state index contributed by atoms with van der Waals surface area (Å²) < 4.78 is 16.7. The number of nitrogens with two attached hydrogens (primary N) is 1. The van der Waals surface area contributed by atoms with Gasteiger partial charge < -0.3 is 35.7 Å². The average Bonchev–Trinajstić information content (AvgIpc) is 2.94. The molecule has 42 heavy (non-hydrogen) atoms. The van der Waals surface area contributed by atoms with Gasteiger partial charge in [0.05, 0.1) is 29.7 Å². The third kappa shape index (κ3) is 9.23. The van der Waals surface area contributed by atoms with E-state index in [2.05, 4.69) is 17.2 Å². The second-order valence-corrected chi connectivity index (χ2v) is 10.9. The van der Waals surface area contributed by atoms with Crippen molar-refractivity contribution < 1.29 is 38.5 Å². The molecule has 1 aliphatic heterocycles. The van der Waals surface area contributed by atoms with E-state index in [4.69, 9.17) is 19.9 Å². The first-order valence-electron chi connectivity index (χ1n) is 14.1. The van der Waals surface area contributed by atoms with E-state index in [0.29, 0.717) is 30.4 Å². The quantitative estimate of drug-likeness (QED) is 0.270. The number of hydrogen-bond donors (Lipinski definition) is 4. The molecule has 0 aromatic rings. The number of aliphatic hydroxyl groups is 1. The van der Waals surface area contributed by atoms with Gasteiger partial charge in [0, 0.05) is 43.9 Å². The van der Waals surface area contributed by atoms with Gasteiger partial charge >= 0.3 is 6.09 Å². The molecule has 1 heterocycles. The monoisotopic (exact) mass is 587 g/mol. The number of carbonyl (C=O) groups excluding carboxylic acids is 4. The van der Waals surface area contributed by atoms with Crippen molar-refractivity contribution >= 4 is 23.6 Å². The Balaban J connectivity index is 2.57. The van der Waals surface area contributed by atoms with Crippen molar-refractivity contribution in [2.75, 3.05) is 20.8 Å². The summed E-state index contributed by atoms with van der Waals surface area (Å²) in [6.07, 6.45) is 3.53. The number of carbonyl (C=O) groups is 4. The Morgan fingerprint density at radius 3 is 2.45 bits per heavy atom. The molecule has 11 nitrogen and oxygen atoms in total. The van der Waals surface area contributed by atoms with Crippen molar-refractivity contribution in [1.29, 1.82) is 0 Å². The highest BCUT2D eigenvalue weighted by atomic mass is 16.6. The molecule has 0 spiro atoms. The summed E-state index contributed by atoms with van der Waals surface area (Å²) in [5.41, 5.74) is 6.63. The zero-order chi connectivity index (χ0) is 31.6. The Hall–Kier alpha value is -3.54. The van der Waals surface area contributed by atoms with Crippen molar-refractivity contribution in [3.05, 3.63) is 59.0 Å². The van der Waals surface area contributed by atoms with Gasteiger partial charge in [-0.05, 0) is 51.0 Å². The van der Waals surface area contributed by atoms with E-state index < -0.39 is 53.9 Å². The fraction of sp³-hybridized carbons (Fsp3) is 0.548. The van der Waals surface area contributed by atoms with Crippen LogP contribution in [0.1, 0.15) is 53.4 Å². The van der Waals surface area contributed by atoms with Crippen molar-refractivity contribution in [3.8, 4) is 0 Å². The van der Waals surface area contributed by atoms with Crippen molar-refractivity contribution in [3.63, 3.8) is 0 Å². The van der Waals surface area contributed by atoms with Gasteiger partial charge in [-0.3, -0.25) is 14.4 Å². The fourth-order valence-corrected chi connectivity index (χ4v) is 5.26. The van der Waals surface area contributed by atoms with Gasteiger partial charge in [0.15, 0.2) is 6.10 Å². The Kier molecular flexibility index (Phi) is 13.4. The SMILES string of the molecule is C=CCNC1=C2C[C@H](C)C[C@H](OC)[C@@H](O)[C@H](C)C=C(C)[C@H](OC(N)=O)[C@@H](OC)CCC=C(C)C(=O)NC(=CC1=O)C2=O. The number of amides is 2. The van der Waals surface area contributed by atoms with Crippen molar-refractivity contribution in [1.82, 2.24) is 10.6 Å². The molecule has 6 atom stereocenters. The Morgan fingerprint density at radius 2 is 1.86 bits per heavy atom. The molecule has 2 bridgehead atoms. The molecule has 0 fully saturated rings. The lowest BCUT2D eigenvalue weighted by Gasteiger charge is -2.30. The first-order chi connectivity index (χ1) is 19.8. The molecular weight excluding hydrogens is 542 g/mol. The lowest BCUT2D eigenvalue weighted by atomic mass is 9.85. The number of ether oxygens (including phenoxy) is 3. The molecule has 0 aromatic heterocycles. The van der Waals surface area contributed by atoms with Crippen molar-refractivity contribution in [2.45, 2.75) is 77.8 Å². The first kappa shape index (κ1) is 34.7. The highest BCUT2D eigenvalue weighted by molar-refractivity contribution is 6.23. The smallest absolute Gasteiger partial charge is 0.405 e. The molecule has 2 rings (SSSR count). The van der Waals surface area contributed by atoms with Crippen molar-refractivity contribution in [2.24, 2.45) is 17.6 Å². The van der Waals surface area contributed by atoms with Gasteiger partial charge in [0.1, 0.15) is 0 Å². The number of Topliss-reactive ketones (excluding diaryl/α,β-unsaturated/α-hetero) is 1. The van der Waals surface area contributed by atoms with Crippen LogP contribution < -0.4 is 16.4 Å². The van der Waals surface area contributed by atoms with Gasteiger partial charge in [0.2, 0.25) is 11.6 Å². The normalized spacial score (nSPS) is 28.7. The Labute approximate surface area is 247 Å². The number of nitrogens with one attached hydrogen (secondary N) is 2. The zero-order valence-corrected chi connectivity index (χ0v) is 25.4. The number of primary amides is 1. The standard InChI is InChI=1S/C31H45N3O8/c1-8-12-33-26-21-13-17(2)14-25(41-7)27(36)19(4)15-20(5)29(42-31(32)39)24(40-6)11-9-10-18(3)30(38)34-22(28(21)37)16-23(26)35/h8,10,15-17,19,24-25,27,29,33,36H,1,9,11-14H2,2-7H3,(H2,32,39)(H,34,38)/t17-,19+,24-,25-,27-,29-/m0/s1. The molecule has 2 aliphatic rings. The van der Waals surface area contributed by atoms with E-state index >= 15 is 0 Å². The molecule has 232 valence electrons. The number of hydrogen-bond acceptors (Lipinski definition) is 9. The van der Waals surface area contributed by atoms with Crippen LogP contribution in [-0.4, -0.2) is 73.9 Å². The highest BCUT2D eigenvalue weighted by Crippen LogP contribution is 2.29. The molecule has 0 unspecified atom stereocenters. The predicted octanol–water partition coefficient (Wildman–Crippen LogP) is 2.76. The van der Waals surface area contributed by atoms with E-state index in [9.17, 15) is 24.3 Å². The summed E-state index contributed by atoms with van der Waals surface area (Å²) in [5.74, 6) is -2.03. The van der Waals surface area contributed by atoms with Crippen LogP contribution in [0.2, 0.25) is 0 Å². The third-order valence-corrected chi connectivity index (χ3v) is 7.54. The maximum Gasteiger partial charge on any atom is 0.405 e.